The number of hydrogen-bond donors (Lipinski definition) is 14. The summed E-state index contributed by atoms with van der Waals surface area (Å²) < 4.78 is 0. The summed E-state index contributed by atoms with van der Waals surface area (Å²) in [5.74, 6) is -7.99. The normalized spacial score (nSPS) is 14.2. The summed E-state index contributed by atoms with van der Waals surface area (Å²) in [5, 5.41) is 27.3. The highest BCUT2D eigenvalue weighted by Crippen LogP contribution is 2.20. The maximum absolute atomic E-state index is 14.5. The number of primary amides is 1. The van der Waals surface area contributed by atoms with Crippen LogP contribution >= 0.6 is 25.3 Å². The monoisotopic (exact) mass is 948 g/mol. The zero-order chi connectivity index (χ0) is 48.5. The van der Waals surface area contributed by atoms with Gasteiger partial charge in [0.2, 0.25) is 41.4 Å². The van der Waals surface area contributed by atoms with E-state index in [1.54, 1.807) is 30.5 Å². The van der Waals surface area contributed by atoms with E-state index in [0.29, 0.717) is 11.1 Å². The molecule has 1 aromatic heterocycles. The van der Waals surface area contributed by atoms with Crippen LogP contribution in [0.4, 0.5) is 0 Å². The Morgan fingerprint density at radius 1 is 0.667 bits per heavy atom. The van der Waals surface area contributed by atoms with Crippen molar-refractivity contribution in [2.24, 2.45) is 27.9 Å². The molecule has 16 N–H and O–H groups in total. The lowest BCUT2D eigenvalue weighted by Crippen LogP contribution is -2.60. The van der Waals surface area contributed by atoms with Crippen LogP contribution in [0.2, 0.25) is 0 Å². The molecule has 0 bridgehead atoms. The van der Waals surface area contributed by atoms with Crippen LogP contribution in [-0.2, 0) is 51.2 Å². The summed E-state index contributed by atoms with van der Waals surface area (Å²) >= 11 is 8.03. The Hall–Kier alpha value is -6.85. The fraction of sp³-hybridized carbons (Fsp3) is 0.372. The lowest BCUT2D eigenvalue weighted by molar-refractivity contribution is -0.141. The third-order valence-corrected chi connectivity index (χ3v) is 11.1. The number of fused-ring (bicyclic) bond motifs is 2. The number of hydrogen-bond acceptors (Lipinski definition) is 12. The number of nitrogens with one attached hydrogen (secondary N) is 7. The van der Waals surface area contributed by atoms with Gasteiger partial charge < -0.3 is 64.9 Å². The van der Waals surface area contributed by atoms with Gasteiger partial charge >= 0.3 is 5.97 Å². The zero-order valence-corrected chi connectivity index (χ0v) is 37.8. The van der Waals surface area contributed by atoms with Crippen LogP contribution in [0.1, 0.15) is 37.3 Å². The predicted molar refractivity (Wildman–Crippen MR) is 254 cm³/mol. The Morgan fingerprint density at radius 2 is 1.24 bits per heavy atom. The highest BCUT2D eigenvalue weighted by Gasteiger charge is 2.34. The summed E-state index contributed by atoms with van der Waals surface area (Å²) in [6.07, 6.45) is 0.724. The number of carboxylic acids is 1. The Labute approximate surface area is 390 Å². The van der Waals surface area contributed by atoms with Crippen molar-refractivity contribution in [1.29, 1.82) is 0 Å². The molecule has 1 heterocycles. The molecule has 354 valence electrons. The van der Waals surface area contributed by atoms with Gasteiger partial charge in [-0.2, -0.15) is 25.3 Å². The van der Waals surface area contributed by atoms with Crippen LogP contribution in [0.15, 0.2) is 77.9 Å². The molecule has 3 aromatic carbocycles. The standard InChI is InChI=1S/C43H56N12O9S2/c1-22(50-37(58)28(44)20-65)36(57)52-33(18-35(45)56)41(62)53-31(16-23-12-13-24-7-2-3-8-25(24)15-23)39(60)51-30(11-6-14-48-43(46)47)38(59)54-32(40(61)55-34(21-66)42(63)64)17-26-19-49-29-10-5-4-9-27(26)29/h2-5,7-10,12-13,15,19,22,28,30-34,49,65-66H,6,11,14,16-18,20-21,44H2,1H3,(H2,45,56)(H,50,58)(H,51,60)(H,52,57)(H,53,62)(H,54,59)(H,55,61)(H,63,64)(H4,46,47,48)/t22-,28+,30+,31-,32+,33+,34+/m1/s1. The van der Waals surface area contributed by atoms with Crippen LogP contribution in [0, 0.1) is 0 Å². The van der Waals surface area contributed by atoms with Gasteiger partial charge in [0.25, 0.3) is 0 Å². The molecule has 66 heavy (non-hydrogen) atoms. The molecular weight excluding hydrogens is 893 g/mol. The molecule has 7 atom stereocenters. The highest BCUT2D eigenvalue weighted by atomic mass is 32.1. The van der Waals surface area contributed by atoms with Crippen LogP contribution < -0.4 is 54.8 Å². The third-order valence-electron chi connectivity index (χ3n) is 10.3. The Balaban J connectivity index is 1.68. The van der Waals surface area contributed by atoms with Crippen LogP contribution in [0.3, 0.4) is 0 Å². The Morgan fingerprint density at radius 3 is 1.88 bits per heavy atom. The molecule has 0 radical (unpaired) electrons. The summed E-state index contributed by atoms with van der Waals surface area (Å²) in [4.78, 5) is 113. The van der Waals surface area contributed by atoms with Crippen LogP contribution in [0.25, 0.3) is 21.7 Å². The maximum atomic E-state index is 14.5. The molecule has 0 unspecified atom stereocenters. The molecule has 0 aliphatic carbocycles. The minimum atomic E-state index is -1.63. The van der Waals surface area contributed by atoms with E-state index < -0.39 is 96.0 Å². The molecule has 0 aliphatic rings. The first-order valence-corrected chi connectivity index (χ1v) is 22.1. The van der Waals surface area contributed by atoms with Crippen molar-refractivity contribution in [2.75, 3.05) is 18.1 Å². The lowest BCUT2D eigenvalue weighted by Gasteiger charge is -2.27. The smallest absolute Gasteiger partial charge is 0.327 e. The van der Waals surface area contributed by atoms with E-state index >= 15 is 0 Å². The number of benzene rings is 3. The molecule has 0 saturated carbocycles. The number of nitrogens with two attached hydrogens (primary N) is 4. The number of H-pyrrole nitrogens is 1. The number of guanidine groups is 1. The van der Waals surface area contributed by atoms with Crippen molar-refractivity contribution in [3.05, 3.63) is 84.1 Å². The number of aliphatic imine (C=N–C) groups is 1. The number of aromatic nitrogens is 1. The number of nitrogens with zero attached hydrogens (tertiary/aromatic N) is 1. The zero-order valence-electron chi connectivity index (χ0n) is 36.0. The van der Waals surface area contributed by atoms with Crippen LogP contribution in [-0.4, -0.2) is 124 Å². The predicted octanol–water partition coefficient (Wildman–Crippen LogP) is -1.76. The largest absolute Gasteiger partial charge is 0.480 e. The fourth-order valence-corrected chi connectivity index (χ4v) is 7.18. The second kappa shape index (κ2) is 25.0. The van der Waals surface area contributed by atoms with Gasteiger partial charge in [0, 0.05) is 48.0 Å². The molecule has 21 nitrogen and oxygen atoms in total. The quantitative estimate of drug-likeness (QED) is 0.0152. The number of rotatable bonds is 25. The highest BCUT2D eigenvalue weighted by molar-refractivity contribution is 7.80. The van der Waals surface area contributed by atoms with Gasteiger partial charge in [-0.3, -0.25) is 38.6 Å². The minimum absolute atomic E-state index is 0.0170. The van der Waals surface area contributed by atoms with Crippen molar-refractivity contribution < 1.29 is 43.5 Å². The molecular formula is C43H56N12O9S2. The number of carbonyl (C=O) groups is 8. The molecule has 7 amide bonds. The summed E-state index contributed by atoms with van der Waals surface area (Å²) in [5.41, 5.74) is 24.2. The molecule has 4 aromatic rings. The second-order valence-electron chi connectivity index (χ2n) is 15.4. The number of aliphatic carboxylic acids is 1. The first-order chi connectivity index (χ1) is 31.4. The maximum Gasteiger partial charge on any atom is 0.327 e. The lowest BCUT2D eigenvalue weighted by atomic mass is 9.99. The average molecular weight is 949 g/mol. The average Bonchev–Trinajstić information content (AvgIpc) is 3.69. The van der Waals surface area contributed by atoms with E-state index in [9.17, 15) is 43.5 Å². The van der Waals surface area contributed by atoms with Gasteiger partial charge in [0.15, 0.2) is 5.96 Å². The van der Waals surface area contributed by atoms with Crippen molar-refractivity contribution in [3.8, 4) is 0 Å². The molecule has 4 rings (SSSR count). The summed E-state index contributed by atoms with van der Waals surface area (Å²) in [7, 11) is 0. The number of thiol groups is 2. The summed E-state index contributed by atoms with van der Waals surface area (Å²) in [6.45, 7) is 1.36. The second-order valence-corrected chi connectivity index (χ2v) is 16.1. The van der Waals surface area contributed by atoms with Crippen molar-refractivity contribution in [3.63, 3.8) is 0 Å². The molecule has 0 saturated heterocycles. The Kier molecular flexibility index (Phi) is 19.6. The van der Waals surface area contributed by atoms with E-state index in [1.807, 2.05) is 42.5 Å². The number of para-hydroxylation sites is 1. The molecule has 0 spiro atoms. The van der Waals surface area contributed by atoms with Gasteiger partial charge in [0.05, 0.1) is 12.5 Å². The van der Waals surface area contributed by atoms with E-state index in [1.165, 1.54) is 6.92 Å². The van der Waals surface area contributed by atoms with E-state index in [4.69, 9.17) is 22.9 Å². The Bertz CT molecular complexity index is 2430. The third kappa shape index (κ3) is 15.4. The van der Waals surface area contributed by atoms with Gasteiger partial charge in [-0.1, -0.05) is 60.7 Å². The fourth-order valence-electron chi connectivity index (χ4n) is 6.76. The topological polar surface area (TPSA) is 361 Å². The minimum Gasteiger partial charge on any atom is -0.480 e. The number of aromatic amines is 1. The SMILES string of the molecule is C[C@@H](NC(=O)[C@@H](N)CS)C(=O)N[C@@H](CC(N)=O)C(=O)N[C@H](Cc1ccc2ccccc2c1)C(=O)N[C@@H](CCCN=C(N)N)C(=O)N[C@@H](Cc1c[nH]c2ccccc12)C(=O)N[C@@H](CS)C(=O)O. The van der Waals surface area contributed by atoms with Crippen molar-refractivity contribution in [1.82, 2.24) is 36.9 Å². The molecule has 23 heteroatoms. The number of amides is 7. The van der Waals surface area contributed by atoms with E-state index in [-0.39, 0.29) is 49.7 Å². The number of carbonyl (C=O) groups excluding carboxylic acids is 7. The van der Waals surface area contributed by atoms with Gasteiger partial charge in [-0.05, 0) is 47.7 Å². The molecule has 0 fully saturated rings. The van der Waals surface area contributed by atoms with Crippen molar-refractivity contribution in [2.45, 2.75) is 81.3 Å². The van der Waals surface area contributed by atoms with Crippen LogP contribution in [0.5, 0.6) is 0 Å². The van der Waals surface area contributed by atoms with Gasteiger partial charge in [0.1, 0.15) is 36.3 Å². The summed E-state index contributed by atoms with van der Waals surface area (Å²) in [6, 6.07) is 10.4. The van der Waals surface area contributed by atoms with E-state index in [2.05, 4.69) is 67.1 Å². The molecule has 0 aliphatic heterocycles. The number of carboxylic acid groups (broad SMARTS) is 1. The van der Waals surface area contributed by atoms with E-state index in [0.717, 1.165) is 21.7 Å². The first kappa shape index (κ1) is 51.8. The van der Waals surface area contributed by atoms with Gasteiger partial charge in [-0.25, -0.2) is 4.79 Å². The van der Waals surface area contributed by atoms with Gasteiger partial charge in [-0.15, -0.1) is 0 Å². The van der Waals surface area contributed by atoms with Crippen molar-refractivity contribution >= 4 is 100 Å². The first-order valence-electron chi connectivity index (χ1n) is 20.8.